The van der Waals surface area contributed by atoms with Gasteiger partial charge >= 0.3 is 0 Å². The lowest BCUT2D eigenvalue weighted by Crippen LogP contribution is -1.97. The highest BCUT2D eigenvalue weighted by Crippen LogP contribution is 2.29. The molecule has 0 spiro atoms. The number of hydrogen-bond acceptors (Lipinski definition) is 2. The van der Waals surface area contributed by atoms with E-state index in [0.29, 0.717) is 0 Å². The van der Waals surface area contributed by atoms with Crippen LogP contribution < -0.4 is 9.47 Å². The summed E-state index contributed by atoms with van der Waals surface area (Å²) in [6.07, 6.45) is 21.1. The van der Waals surface area contributed by atoms with Gasteiger partial charge in [0.05, 0.1) is 13.2 Å². The smallest absolute Gasteiger partial charge is 0.119 e. The van der Waals surface area contributed by atoms with Crippen molar-refractivity contribution in [3.8, 4) is 44.9 Å². The van der Waals surface area contributed by atoms with E-state index in [4.69, 9.17) is 9.47 Å². The van der Waals surface area contributed by atoms with Crippen LogP contribution in [0.25, 0.3) is 33.4 Å². The molecule has 0 bridgehead atoms. The van der Waals surface area contributed by atoms with Crippen molar-refractivity contribution in [3.63, 3.8) is 0 Å². The van der Waals surface area contributed by atoms with Crippen molar-refractivity contribution in [2.24, 2.45) is 0 Å². The summed E-state index contributed by atoms with van der Waals surface area (Å²) in [6, 6.07) is 34.8. The van der Waals surface area contributed by atoms with Gasteiger partial charge in [-0.15, -0.1) is 0 Å². The van der Waals surface area contributed by atoms with Crippen LogP contribution in [0.2, 0.25) is 0 Å². The van der Waals surface area contributed by atoms with E-state index in [9.17, 15) is 0 Å². The SMILES string of the molecule is CCCCCCCCCCOc1ccc(-c2ccc(-c3ccc(-c4ccc(OCCCCCCCCCC)cc4)cc3)cc2)cc1. The van der Waals surface area contributed by atoms with E-state index in [-0.39, 0.29) is 0 Å². The Kier molecular flexibility index (Phi) is 16.4. The fourth-order valence-electron chi connectivity index (χ4n) is 6.05. The van der Waals surface area contributed by atoms with Gasteiger partial charge < -0.3 is 9.47 Å². The zero-order valence-corrected chi connectivity index (χ0v) is 28.8. The standard InChI is InChI=1S/C44H58O2/c1-3-5-7-9-11-13-15-17-35-45-43-31-27-41(28-32-43)39-23-19-37(20-24-39)38-21-25-40(26-22-38)42-29-33-44(34-30-42)46-36-18-16-14-12-10-8-6-4-2/h19-34H,3-18,35-36H2,1-2H3. The van der Waals surface area contributed by atoms with Crippen molar-refractivity contribution < 1.29 is 9.47 Å². The first-order chi connectivity index (χ1) is 22.8. The molecule has 0 radical (unpaired) electrons. The lowest BCUT2D eigenvalue weighted by Gasteiger charge is -2.09. The van der Waals surface area contributed by atoms with Gasteiger partial charge in [-0.3, -0.25) is 0 Å². The zero-order valence-electron chi connectivity index (χ0n) is 28.8. The Balaban J connectivity index is 1.17. The predicted molar refractivity (Wildman–Crippen MR) is 199 cm³/mol. The van der Waals surface area contributed by atoms with E-state index in [1.807, 2.05) is 0 Å². The molecule has 0 saturated carbocycles. The quantitative estimate of drug-likeness (QED) is 0.0770. The zero-order chi connectivity index (χ0) is 32.1. The first-order valence-corrected chi connectivity index (χ1v) is 18.4. The second kappa shape index (κ2) is 21.3. The molecule has 0 fully saturated rings. The first-order valence-electron chi connectivity index (χ1n) is 18.4. The molecule has 0 saturated heterocycles. The highest BCUT2D eigenvalue weighted by atomic mass is 16.5. The molecule has 0 aromatic heterocycles. The molecule has 0 heterocycles. The Morgan fingerprint density at radius 2 is 0.500 bits per heavy atom. The van der Waals surface area contributed by atoms with Crippen LogP contribution in [0.4, 0.5) is 0 Å². The Hall–Kier alpha value is -3.52. The fraction of sp³-hybridized carbons (Fsp3) is 0.455. The molecule has 0 atom stereocenters. The molecule has 0 aliphatic heterocycles. The fourth-order valence-corrected chi connectivity index (χ4v) is 6.05. The van der Waals surface area contributed by atoms with Crippen LogP contribution in [-0.2, 0) is 0 Å². The second-order valence-corrected chi connectivity index (χ2v) is 12.9. The maximum atomic E-state index is 6.00. The highest BCUT2D eigenvalue weighted by Gasteiger charge is 2.04. The molecule has 0 unspecified atom stereocenters. The van der Waals surface area contributed by atoms with Crippen LogP contribution in [0.15, 0.2) is 97.1 Å². The molecule has 246 valence electrons. The highest BCUT2D eigenvalue weighted by molar-refractivity contribution is 5.73. The van der Waals surface area contributed by atoms with E-state index in [0.717, 1.165) is 37.6 Å². The second-order valence-electron chi connectivity index (χ2n) is 12.9. The number of ether oxygens (including phenoxy) is 2. The molecule has 4 rings (SSSR count). The minimum absolute atomic E-state index is 0.806. The largest absolute Gasteiger partial charge is 0.494 e. The van der Waals surface area contributed by atoms with Crippen LogP contribution >= 0.6 is 0 Å². The molecule has 2 heteroatoms. The molecule has 46 heavy (non-hydrogen) atoms. The number of rotatable bonds is 23. The van der Waals surface area contributed by atoms with E-state index in [1.54, 1.807) is 0 Å². The normalized spacial score (nSPS) is 11.1. The van der Waals surface area contributed by atoms with E-state index in [2.05, 4.69) is 111 Å². The van der Waals surface area contributed by atoms with Crippen LogP contribution in [0, 0.1) is 0 Å². The van der Waals surface area contributed by atoms with Gasteiger partial charge in [-0.25, -0.2) is 0 Å². The lowest BCUT2D eigenvalue weighted by molar-refractivity contribution is 0.304. The summed E-state index contributed by atoms with van der Waals surface area (Å²) in [5.41, 5.74) is 7.33. The maximum Gasteiger partial charge on any atom is 0.119 e. The summed E-state index contributed by atoms with van der Waals surface area (Å²) >= 11 is 0. The Morgan fingerprint density at radius 3 is 0.761 bits per heavy atom. The predicted octanol–water partition coefficient (Wildman–Crippen LogP) is 13.7. The van der Waals surface area contributed by atoms with Crippen LogP contribution in [0.3, 0.4) is 0 Å². The average Bonchev–Trinajstić information content (AvgIpc) is 3.11. The molecule has 0 aliphatic carbocycles. The molecule has 4 aromatic carbocycles. The molecule has 0 aliphatic rings. The Bertz CT molecular complexity index is 1210. The molecular formula is C44H58O2. The van der Waals surface area contributed by atoms with Crippen molar-refractivity contribution in [3.05, 3.63) is 97.1 Å². The van der Waals surface area contributed by atoms with E-state index < -0.39 is 0 Å². The lowest BCUT2D eigenvalue weighted by atomic mass is 9.98. The summed E-state index contributed by atoms with van der Waals surface area (Å²) < 4.78 is 12.0. The topological polar surface area (TPSA) is 18.5 Å². The summed E-state index contributed by atoms with van der Waals surface area (Å²) in [5, 5.41) is 0. The summed E-state index contributed by atoms with van der Waals surface area (Å²) in [5.74, 6) is 1.92. The third-order valence-corrected chi connectivity index (χ3v) is 9.01. The maximum absolute atomic E-state index is 6.00. The molecule has 2 nitrogen and oxygen atoms in total. The van der Waals surface area contributed by atoms with Crippen LogP contribution in [0.5, 0.6) is 11.5 Å². The monoisotopic (exact) mass is 618 g/mol. The third kappa shape index (κ3) is 12.7. The minimum atomic E-state index is 0.806. The van der Waals surface area contributed by atoms with Crippen LogP contribution in [-0.4, -0.2) is 13.2 Å². The van der Waals surface area contributed by atoms with Gasteiger partial charge in [0.25, 0.3) is 0 Å². The Morgan fingerprint density at radius 1 is 0.283 bits per heavy atom. The summed E-state index contributed by atoms with van der Waals surface area (Å²) in [7, 11) is 0. The van der Waals surface area contributed by atoms with Gasteiger partial charge in [-0.2, -0.15) is 0 Å². The van der Waals surface area contributed by atoms with Crippen LogP contribution in [0.1, 0.15) is 117 Å². The minimum Gasteiger partial charge on any atom is -0.494 e. The van der Waals surface area contributed by atoms with E-state index >= 15 is 0 Å². The molecule has 0 amide bonds. The third-order valence-electron chi connectivity index (χ3n) is 9.01. The van der Waals surface area contributed by atoms with Crippen molar-refractivity contribution in [1.29, 1.82) is 0 Å². The summed E-state index contributed by atoms with van der Waals surface area (Å²) in [6.45, 7) is 6.16. The van der Waals surface area contributed by atoms with Gasteiger partial charge in [-0.1, -0.05) is 177 Å². The van der Waals surface area contributed by atoms with Crippen molar-refractivity contribution >= 4 is 0 Å². The number of benzene rings is 4. The Labute approximate surface area is 280 Å². The van der Waals surface area contributed by atoms with Gasteiger partial charge in [0.2, 0.25) is 0 Å². The molecular weight excluding hydrogens is 560 g/mol. The first kappa shape index (κ1) is 35.3. The van der Waals surface area contributed by atoms with Gasteiger partial charge in [-0.05, 0) is 70.5 Å². The summed E-state index contributed by atoms with van der Waals surface area (Å²) in [4.78, 5) is 0. The van der Waals surface area contributed by atoms with Crippen molar-refractivity contribution in [2.45, 2.75) is 117 Å². The van der Waals surface area contributed by atoms with Crippen molar-refractivity contribution in [2.75, 3.05) is 13.2 Å². The average molecular weight is 619 g/mol. The van der Waals surface area contributed by atoms with Gasteiger partial charge in [0.1, 0.15) is 11.5 Å². The molecule has 0 N–H and O–H groups in total. The van der Waals surface area contributed by atoms with Gasteiger partial charge in [0.15, 0.2) is 0 Å². The number of hydrogen-bond donors (Lipinski definition) is 0. The van der Waals surface area contributed by atoms with E-state index in [1.165, 1.54) is 123 Å². The molecule has 4 aromatic rings. The number of unbranched alkanes of at least 4 members (excludes halogenated alkanes) is 14. The van der Waals surface area contributed by atoms with Crippen molar-refractivity contribution in [1.82, 2.24) is 0 Å². The van der Waals surface area contributed by atoms with Gasteiger partial charge in [0, 0.05) is 0 Å².